The summed E-state index contributed by atoms with van der Waals surface area (Å²) in [6.45, 7) is 0. The first-order valence-electron chi connectivity index (χ1n) is 5.01. The van der Waals surface area contributed by atoms with E-state index in [1.807, 2.05) is 0 Å². The van der Waals surface area contributed by atoms with E-state index in [4.69, 9.17) is 0 Å². The maximum absolute atomic E-state index is 12.9. The molecule has 4 nitrogen and oxygen atoms in total. The van der Waals surface area contributed by atoms with Gasteiger partial charge in [0.05, 0.1) is 0 Å². The van der Waals surface area contributed by atoms with Crippen molar-refractivity contribution in [3.8, 4) is 0 Å². The van der Waals surface area contributed by atoms with Gasteiger partial charge in [-0.2, -0.15) is 65.5 Å². The van der Waals surface area contributed by atoms with Crippen LogP contribution in [0.5, 0.6) is 0 Å². The number of alkyl halides is 13. The number of Topliss-reactive ketones (excluding diaryl/α,β-unsaturated/α-hetero) is 1. The fraction of sp³-hybridized carbons (Fsp3) is 0.857. The van der Waals surface area contributed by atoms with Gasteiger partial charge in [0.25, 0.3) is 5.78 Å². The van der Waals surface area contributed by atoms with Crippen molar-refractivity contribution < 1.29 is 78.9 Å². The zero-order valence-electron chi connectivity index (χ0n) is 10.8. The lowest BCUT2D eigenvalue weighted by Crippen LogP contribution is -2.68. The van der Waals surface area contributed by atoms with E-state index >= 15 is 0 Å². The summed E-state index contributed by atoms with van der Waals surface area (Å²) in [5.74, 6) is -12.9. The van der Waals surface area contributed by atoms with Gasteiger partial charge < -0.3 is 0 Å². The predicted octanol–water partition coefficient (Wildman–Crippen LogP) is 3.48. The normalized spacial score (nSPS) is 17.8. The number of hydrogen-bond acceptors (Lipinski definition) is 4. The summed E-state index contributed by atoms with van der Waals surface area (Å²) in [6, 6.07) is 0. The third-order valence-corrected chi connectivity index (χ3v) is 3.45. The van der Waals surface area contributed by atoms with Crippen molar-refractivity contribution in [2.45, 2.75) is 35.5 Å². The van der Waals surface area contributed by atoms with Crippen LogP contribution in [0.3, 0.4) is 0 Å². The second-order valence-electron chi connectivity index (χ2n) is 4.07. The first-order chi connectivity index (χ1) is 10.9. The van der Waals surface area contributed by atoms with Crippen LogP contribution in [0.15, 0.2) is 0 Å². The number of carbonyl (C=O) groups is 1. The number of carbonyl (C=O) groups excluding carboxylic acids is 1. The summed E-state index contributed by atoms with van der Waals surface area (Å²) in [4.78, 5) is 3.12. The zero-order chi connectivity index (χ0) is 21.8. The predicted molar refractivity (Wildman–Crippen MR) is 46.9 cm³/mol. The molecule has 26 heavy (non-hydrogen) atoms. The Morgan fingerprint density at radius 1 is 0.692 bits per heavy atom. The van der Waals surface area contributed by atoms with Crippen LogP contribution < -0.4 is 0 Å². The van der Waals surface area contributed by atoms with Crippen molar-refractivity contribution in [1.82, 2.24) is 0 Å². The van der Waals surface area contributed by atoms with Gasteiger partial charge in [0.15, 0.2) is 0 Å². The molecule has 0 fully saturated rings. The Hall–Kier alpha value is -1.40. The van der Waals surface area contributed by atoms with Gasteiger partial charge in [-0.3, -0.25) is 9.53 Å². The third kappa shape index (κ3) is 3.81. The minimum Gasteiger partial charge on any atom is -0.284 e. The Morgan fingerprint density at radius 2 is 1.04 bits per heavy atom. The molecule has 0 rings (SSSR count). The third-order valence-electron chi connectivity index (χ3n) is 2.27. The van der Waals surface area contributed by atoms with Crippen LogP contribution in [0.2, 0.25) is 0 Å². The Labute approximate surface area is 131 Å². The number of ketones is 1. The minimum absolute atomic E-state index is 1.47. The molecule has 0 radical (unpaired) electrons. The van der Waals surface area contributed by atoms with Crippen LogP contribution in [0.1, 0.15) is 0 Å². The van der Waals surface area contributed by atoms with Crippen molar-refractivity contribution in [3.63, 3.8) is 0 Å². The molecule has 0 aliphatic carbocycles. The maximum atomic E-state index is 12.9. The SMILES string of the molecule is O=C(C(F)(F)F)C(OC(F)(F)C(F)(F)C(F)(F)F)(C(F)(F)F)S(=O)(=O)F. The number of halogens is 14. The van der Waals surface area contributed by atoms with Gasteiger partial charge in [-0.25, -0.2) is 0 Å². The molecule has 0 bridgehead atoms. The van der Waals surface area contributed by atoms with Gasteiger partial charge in [-0.1, -0.05) is 0 Å². The van der Waals surface area contributed by atoms with Crippen molar-refractivity contribution >= 4 is 16.0 Å². The standard InChI is InChI=1S/C7F14O4S/c8-3(9,10)1(22)2(5(13,14)15,26(21,23)24)25-7(19,20)4(11,12)6(16,17)18. The molecule has 0 aliphatic rings. The molecule has 1 unspecified atom stereocenters. The second-order valence-corrected chi connectivity index (χ2v) is 5.52. The zero-order valence-corrected chi connectivity index (χ0v) is 11.6. The molecular formula is C7F14O4S. The van der Waals surface area contributed by atoms with E-state index in [9.17, 15) is 74.2 Å². The van der Waals surface area contributed by atoms with Crippen LogP contribution >= 0.6 is 0 Å². The highest BCUT2D eigenvalue weighted by atomic mass is 32.3. The molecule has 0 N–H and O–H groups in total. The summed E-state index contributed by atoms with van der Waals surface area (Å²) < 4.78 is 195. The Balaban J connectivity index is 6.91. The van der Waals surface area contributed by atoms with Crippen LogP contribution in [-0.2, 0) is 19.8 Å². The monoisotopic (exact) mass is 446 g/mol. The van der Waals surface area contributed by atoms with Crippen molar-refractivity contribution in [2.24, 2.45) is 0 Å². The Bertz CT molecular complexity index is 654. The average molecular weight is 446 g/mol. The molecule has 1 atom stereocenters. The van der Waals surface area contributed by atoms with Gasteiger partial charge in [-0.05, 0) is 0 Å². The average Bonchev–Trinajstić information content (AvgIpc) is 2.29. The smallest absolute Gasteiger partial charge is 0.284 e. The number of rotatable bonds is 5. The van der Waals surface area contributed by atoms with Gasteiger partial charge in [-0.15, -0.1) is 3.89 Å². The van der Waals surface area contributed by atoms with Crippen molar-refractivity contribution in [1.29, 1.82) is 0 Å². The molecular weight excluding hydrogens is 446 g/mol. The molecule has 0 spiro atoms. The van der Waals surface area contributed by atoms with E-state index < -0.39 is 51.5 Å². The quantitative estimate of drug-likeness (QED) is 0.480. The Morgan fingerprint density at radius 3 is 1.23 bits per heavy atom. The molecule has 156 valence electrons. The molecule has 0 aromatic heterocycles. The van der Waals surface area contributed by atoms with E-state index in [2.05, 4.69) is 0 Å². The molecule has 19 heteroatoms. The van der Waals surface area contributed by atoms with E-state index in [-0.39, 0.29) is 0 Å². The van der Waals surface area contributed by atoms with Gasteiger partial charge in [0, 0.05) is 0 Å². The molecule has 0 aliphatic heterocycles. The van der Waals surface area contributed by atoms with Crippen LogP contribution in [0, 0.1) is 0 Å². The van der Waals surface area contributed by atoms with E-state index in [0.717, 1.165) is 0 Å². The van der Waals surface area contributed by atoms with E-state index in [1.165, 1.54) is 4.74 Å². The van der Waals surface area contributed by atoms with Gasteiger partial charge >= 0.3 is 45.7 Å². The van der Waals surface area contributed by atoms with Crippen molar-refractivity contribution in [3.05, 3.63) is 0 Å². The molecule has 0 heterocycles. The van der Waals surface area contributed by atoms with Gasteiger partial charge in [0.1, 0.15) is 0 Å². The van der Waals surface area contributed by atoms with E-state index in [0.29, 0.717) is 0 Å². The number of hydrogen-bond donors (Lipinski definition) is 0. The fourth-order valence-electron chi connectivity index (χ4n) is 1.13. The first kappa shape index (κ1) is 24.6. The largest absolute Gasteiger partial charge is 0.462 e. The fourth-order valence-corrected chi connectivity index (χ4v) is 1.95. The van der Waals surface area contributed by atoms with Gasteiger partial charge in [0.2, 0.25) is 0 Å². The summed E-state index contributed by atoms with van der Waals surface area (Å²) in [6.07, 6.45) is -30.2. The molecule has 0 aromatic carbocycles. The first-order valence-corrected chi connectivity index (χ1v) is 6.39. The van der Waals surface area contributed by atoms with E-state index in [1.54, 1.807) is 0 Å². The minimum atomic E-state index is -8.40. The number of ether oxygens (including phenoxy) is 1. The lowest BCUT2D eigenvalue weighted by atomic mass is 10.2. The highest BCUT2D eigenvalue weighted by Gasteiger charge is 2.84. The highest BCUT2D eigenvalue weighted by molar-refractivity contribution is 7.88. The summed E-state index contributed by atoms with van der Waals surface area (Å²) in [5, 5.41) is 0. The lowest BCUT2D eigenvalue weighted by Gasteiger charge is -2.36. The summed E-state index contributed by atoms with van der Waals surface area (Å²) in [7, 11) is -8.40. The molecule has 0 saturated heterocycles. The summed E-state index contributed by atoms with van der Waals surface area (Å²) in [5.41, 5.74) is 0. The highest BCUT2D eigenvalue weighted by Crippen LogP contribution is 2.53. The summed E-state index contributed by atoms with van der Waals surface area (Å²) >= 11 is 0. The van der Waals surface area contributed by atoms with Crippen LogP contribution in [0.4, 0.5) is 61.0 Å². The topological polar surface area (TPSA) is 60.4 Å². The van der Waals surface area contributed by atoms with Crippen LogP contribution in [-0.4, -0.2) is 49.7 Å². The lowest BCUT2D eigenvalue weighted by molar-refractivity contribution is -0.447. The van der Waals surface area contributed by atoms with Crippen LogP contribution in [0.25, 0.3) is 0 Å². The van der Waals surface area contributed by atoms with Crippen molar-refractivity contribution in [2.75, 3.05) is 0 Å². The Kier molecular flexibility index (Phi) is 5.73. The maximum Gasteiger partial charge on any atom is 0.462 e. The molecule has 0 saturated carbocycles. The second kappa shape index (κ2) is 6.06. The molecule has 0 amide bonds. The molecule has 0 aromatic rings.